The highest BCUT2D eigenvalue weighted by molar-refractivity contribution is 7.93. The second kappa shape index (κ2) is 7.30. The van der Waals surface area contributed by atoms with Gasteiger partial charge in [-0.2, -0.15) is 0 Å². The van der Waals surface area contributed by atoms with Crippen LogP contribution in [0.25, 0.3) is 10.2 Å². The number of thiazole rings is 1. The molecule has 7 nitrogen and oxygen atoms in total. The number of amides is 2. The number of nitrogens with one attached hydrogen (secondary N) is 3. The van der Waals surface area contributed by atoms with Crippen molar-refractivity contribution < 1.29 is 13.2 Å². The predicted octanol–water partition coefficient (Wildman–Crippen LogP) is 3.63. The molecule has 0 aliphatic rings. The second-order valence-electron chi connectivity index (χ2n) is 5.87. The van der Waals surface area contributed by atoms with Crippen molar-refractivity contribution in [2.24, 2.45) is 0 Å². The number of urea groups is 1. The van der Waals surface area contributed by atoms with Gasteiger partial charge in [0.25, 0.3) is 10.0 Å². The summed E-state index contributed by atoms with van der Waals surface area (Å²) in [6.07, 6.45) is 0. The van der Waals surface area contributed by atoms with Gasteiger partial charge in [0.15, 0.2) is 5.13 Å². The molecule has 0 aliphatic heterocycles. The normalized spacial score (nSPS) is 11.5. The lowest BCUT2D eigenvalue weighted by molar-refractivity contribution is 0.250. The number of hydrogen-bond donors (Lipinski definition) is 3. The smallest absolute Gasteiger partial charge is 0.319 e. The van der Waals surface area contributed by atoms with Gasteiger partial charge >= 0.3 is 6.03 Å². The van der Waals surface area contributed by atoms with Gasteiger partial charge in [0, 0.05) is 11.7 Å². The Morgan fingerprint density at radius 2 is 1.85 bits per heavy atom. The fourth-order valence-electron chi connectivity index (χ4n) is 2.25. The molecule has 0 fully saturated rings. The number of carbonyl (C=O) groups excluding carboxylic acids is 1. The first kappa shape index (κ1) is 18.2. The molecule has 9 heteroatoms. The van der Waals surface area contributed by atoms with E-state index in [2.05, 4.69) is 20.3 Å². The van der Waals surface area contributed by atoms with Crippen LogP contribution in [0.5, 0.6) is 0 Å². The van der Waals surface area contributed by atoms with E-state index in [0.29, 0.717) is 11.2 Å². The molecular formula is C17H18N4O3S2. The third kappa shape index (κ3) is 4.30. The molecule has 0 radical (unpaired) electrons. The Morgan fingerprint density at radius 3 is 2.54 bits per heavy atom. The molecule has 0 bridgehead atoms. The summed E-state index contributed by atoms with van der Waals surface area (Å²) in [4.78, 5) is 16.3. The first-order valence-corrected chi connectivity index (χ1v) is 10.2. The van der Waals surface area contributed by atoms with Crippen molar-refractivity contribution in [3.8, 4) is 0 Å². The van der Waals surface area contributed by atoms with E-state index in [1.165, 1.54) is 23.5 Å². The molecule has 0 aliphatic carbocycles. The van der Waals surface area contributed by atoms with Gasteiger partial charge in [0.05, 0.1) is 15.1 Å². The topological polar surface area (TPSA) is 100 Å². The van der Waals surface area contributed by atoms with Gasteiger partial charge in [0.2, 0.25) is 0 Å². The molecule has 3 N–H and O–H groups in total. The summed E-state index contributed by atoms with van der Waals surface area (Å²) >= 11 is 1.23. The summed E-state index contributed by atoms with van der Waals surface area (Å²) in [6.45, 7) is 3.74. The molecule has 1 aromatic heterocycles. The summed E-state index contributed by atoms with van der Waals surface area (Å²) in [5.74, 6) is 0. The summed E-state index contributed by atoms with van der Waals surface area (Å²) in [6, 6.07) is 13.1. The van der Waals surface area contributed by atoms with Gasteiger partial charge in [-0.05, 0) is 44.2 Å². The molecule has 136 valence electrons. The van der Waals surface area contributed by atoms with Gasteiger partial charge in [-0.25, -0.2) is 18.2 Å². The first-order chi connectivity index (χ1) is 12.3. The van der Waals surface area contributed by atoms with E-state index in [0.717, 1.165) is 4.70 Å². The van der Waals surface area contributed by atoms with Crippen LogP contribution in [0.3, 0.4) is 0 Å². The molecule has 0 saturated heterocycles. The SMILES string of the molecule is CC(C)NC(=O)Nc1ccc2sc(NS(=O)(=O)c3ccccc3)nc2c1. The average Bonchev–Trinajstić information content (AvgIpc) is 2.95. The second-order valence-corrected chi connectivity index (χ2v) is 8.59. The zero-order valence-corrected chi connectivity index (χ0v) is 15.8. The van der Waals surface area contributed by atoms with Crippen LogP contribution in [0.15, 0.2) is 53.4 Å². The number of aromatic nitrogens is 1. The van der Waals surface area contributed by atoms with Crippen molar-refractivity contribution in [1.29, 1.82) is 0 Å². The molecule has 26 heavy (non-hydrogen) atoms. The van der Waals surface area contributed by atoms with Crippen LogP contribution in [0.2, 0.25) is 0 Å². The number of fused-ring (bicyclic) bond motifs is 1. The number of sulfonamides is 1. The summed E-state index contributed by atoms with van der Waals surface area (Å²) in [7, 11) is -3.69. The van der Waals surface area contributed by atoms with Crippen molar-refractivity contribution >= 4 is 48.4 Å². The van der Waals surface area contributed by atoms with Crippen LogP contribution in [-0.4, -0.2) is 25.5 Å². The van der Waals surface area contributed by atoms with Gasteiger partial charge in [-0.3, -0.25) is 4.72 Å². The summed E-state index contributed by atoms with van der Waals surface area (Å²) in [5, 5.41) is 5.73. The lowest BCUT2D eigenvalue weighted by atomic mass is 10.3. The Kier molecular flexibility index (Phi) is 5.10. The molecule has 0 atom stereocenters. The van der Waals surface area contributed by atoms with Crippen LogP contribution in [0.4, 0.5) is 15.6 Å². The Labute approximate surface area is 155 Å². The van der Waals surface area contributed by atoms with Crippen molar-refractivity contribution in [3.63, 3.8) is 0 Å². The zero-order chi connectivity index (χ0) is 18.7. The Balaban J connectivity index is 1.80. The third-order valence-corrected chi connectivity index (χ3v) is 5.78. The minimum absolute atomic E-state index is 0.0250. The predicted molar refractivity (Wildman–Crippen MR) is 104 cm³/mol. The quantitative estimate of drug-likeness (QED) is 0.619. The Bertz CT molecular complexity index is 1030. The maximum Gasteiger partial charge on any atom is 0.319 e. The highest BCUT2D eigenvalue weighted by Crippen LogP contribution is 2.29. The highest BCUT2D eigenvalue weighted by Gasteiger charge is 2.16. The van der Waals surface area contributed by atoms with Gasteiger partial charge in [-0.1, -0.05) is 29.5 Å². The maximum atomic E-state index is 12.4. The van der Waals surface area contributed by atoms with Crippen LogP contribution in [0.1, 0.15) is 13.8 Å². The van der Waals surface area contributed by atoms with E-state index in [1.54, 1.807) is 36.4 Å². The van der Waals surface area contributed by atoms with Gasteiger partial charge < -0.3 is 10.6 Å². The molecule has 2 amide bonds. The van der Waals surface area contributed by atoms with E-state index in [1.807, 2.05) is 13.8 Å². The number of rotatable bonds is 5. The Morgan fingerprint density at radius 1 is 1.12 bits per heavy atom. The molecule has 3 aromatic rings. The maximum absolute atomic E-state index is 12.4. The van der Waals surface area contributed by atoms with Crippen molar-refractivity contribution in [2.75, 3.05) is 10.0 Å². The van der Waals surface area contributed by atoms with E-state index >= 15 is 0 Å². The van der Waals surface area contributed by atoms with Gasteiger partial charge in [0.1, 0.15) is 0 Å². The summed E-state index contributed by atoms with van der Waals surface area (Å²) in [5.41, 5.74) is 1.18. The monoisotopic (exact) mass is 390 g/mol. The zero-order valence-electron chi connectivity index (χ0n) is 14.2. The molecule has 0 unspecified atom stereocenters. The number of carbonyl (C=O) groups is 1. The van der Waals surface area contributed by atoms with E-state index < -0.39 is 10.0 Å². The third-order valence-electron chi connectivity index (χ3n) is 3.34. The lowest BCUT2D eigenvalue weighted by Gasteiger charge is -2.09. The van der Waals surface area contributed by atoms with E-state index in [-0.39, 0.29) is 22.1 Å². The fourth-order valence-corrected chi connectivity index (χ4v) is 4.35. The average molecular weight is 390 g/mol. The minimum atomic E-state index is -3.69. The van der Waals surface area contributed by atoms with Gasteiger partial charge in [-0.15, -0.1) is 0 Å². The van der Waals surface area contributed by atoms with Crippen LogP contribution in [-0.2, 0) is 10.0 Å². The number of anilines is 2. The minimum Gasteiger partial charge on any atom is -0.336 e. The molecule has 2 aromatic carbocycles. The van der Waals surface area contributed by atoms with E-state index in [9.17, 15) is 13.2 Å². The molecular weight excluding hydrogens is 372 g/mol. The van der Waals surface area contributed by atoms with Crippen molar-refractivity contribution in [3.05, 3.63) is 48.5 Å². The van der Waals surface area contributed by atoms with Crippen molar-refractivity contribution in [2.45, 2.75) is 24.8 Å². The molecule has 3 rings (SSSR count). The fraction of sp³-hybridized carbons (Fsp3) is 0.176. The molecule has 1 heterocycles. The Hall–Kier alpha value is -2.65. The highest BCUT2D eigenvalue weighted by atomic mass is 32.2. The number of benzene rings is 2. The van der Waals surface area contributed by atoms with Crippen LogP contribution < -0.4 is 15.4 Å². The molecule has 0 saturated carbocycles. The van der Waals surface area contributed by atoms with E-state index in [4.69, 9.17) is 0 Å². The first-order valence-electron chi connectivity index (χ1n) is 7.89. The summed E-state index contributed by atoms with van der Waals surface area (Å²) < 4.78 is 28.1. The standard InChI is InChI=1S/C17H18N4O3S2/c1-11(2)18-16(22)19-12-8-9-15-14(10-12)20-17(25-15)21-26(23,24)13-6-4-3-5-7-13/h3-11H,1-2H3,(H,20,21)(H2,18,19,22). The molecule has 0 spiro atoms. The lowest BCUT2D eigenvalue weighted by Crippen LogP contribution is -2.34. The van der Waals surface area contributed by atoms with Crippen LogP contribution in [0, 0.1) is 0 Å². The van der Waals surface area contributed by atoms with Crippen LogP contribution >= 0.6 is 11.3 Å². The van der Waals surface area contributed by atoms with Crippen molar-refractivity contribution in [1.82, 2.24) is 10.3 Å². The number of nitrogens with zero attached hydrogens (tertiary/aromatic N) is 1. The largest absolute Gasteiger partial charge is 0.336 e. The number of hydrogen-bond acceptors (Lipinski definition) is 5.